The van der Waals surface area contributed by atoms with Crippen LogP contribution < -0.4 is 5.32 Å². The lowest BCUT2D eigenvalue weighted by atomic mass is 10.1. The van der Waals surface area contributed by atoms with Gasteiger partial charge in [0.2, 0.25) is 0 Å². The van der Waals surface area contributed by atoms with Crippen LogP contribution >= 0.6 is 0 Å². The number of aliphatic hydroxyl groups is 2. The highest BCUT2D eigenvalue weighted by Gasteiger charge is 2.20. The molecule has 3 N–H and O–H groups in total. The molecule has 2 unspecified atom stereocenters. The van der Waals surface area contributed by atoms with E-state index in [4.69, 9.17) is 4.42 Å². The molecule has 84 valence electrons. The van der Waals surface area contributed by atoms with Crippen molar-refractivity contribution < 1.29 is 19.4 Å². The van der Waals surface area contributed by atoms with Crippen molar-refractivity contribution in [3.05, 3.63) is 23.7 Å². The van der Waals surface area contributed by atoms with E-state index in [1.807, 2.05) is 0 Å². The summed E-state index contributed by atoms with van der Waals surface area (Å²) in [7, 11) is 1.76. The predicted octanol–water partition coefficient (Wildman–Crippen LogP) is 0.0959. The van der Waals surface area contributed by atoms with Crippen LogP contribution in [-0.2, 0) is 0 Å². The van der Waals surface area contributed by atoms with E-state index in [1.54, 1.807) is 7.05 Å². The molecule has 0 aromatic carbocycles. The Morgan fingerprint density at radius 1 is 1.53 bits per heavy atom. The van der Waals surface area contributed by atoms with Crippen LogP contribution in [0.1, 0.15) is 28.8 Å². The second-order valence-electron chi connectivity index (χ2n) is 3.26. The smallest absolute Gasteiger partial charge is 0.185 e. The van der Waals surface area contributed by atoms with Gasteiger partial charge in [0.05, 0.1) is 6.10 Å². The molecule has 0 aliphatic heterocycles. The highest BCUT2D eigenvalue weighted by Crippen LogP contribution is 2.20. The third kappa shape index (κ3) is 3.16. The van der Waals surface area contributed by atoms with Gasteiger partial charge in [-0.2, -0.15) is 0 Å². The van der Waals surface area contributed by atoms with Crippen molar-refractivity contribution in [2.45, 2.75) is 18.6 Å². The van der Waals surface area contributed by atoms with Gasteiger partial charge in [-0.3, -0.25) is 4.79 Å². The molecule has 1 rings (SSSR count). The molecule has 0 radical (unpaired) electrons. The van der Waals surface area contributed by atoms with E-state index in [0.717, 1.165) is 0 Å². The van der Waals surface area contributed by atoms with Crippen LogP contribution in [0.3, 0.4) is 0 Å². The summed E-state index contributed by atoms with van der Waals surface area (Å²) in [6, 6.07) is 2.94. The van der Waals surface area contributed by atoms with Crippen molar-refractivity contribution >= 4 is 6.29 Å². The number of hydrogen-bond donors (Lipinski definition) is 3. The number of carbonyl (C=O) groups excluding carboxylic acids is 1. The monoisotopic (exact) mass is 213 g/mol. The van der Waals surface area contributed by atoms with Gasteiger partial charge in [0.25, 0.3) is 0 Å². The summed E-state index contributed by atoms with van der Waals surface area (Å²) in [5, 5.41) is 22.0. The van der Waals surface area contributed by atoms with Crippen molar-refractivity contribution in [1.82, 2.24) is 5.32 Å². The second-order valence-corrected chi connectivity index (χ2v) is 3.26. The number of carbonyl (C=O) groups is 1. The van der Waals surface area contributed by atoms with Crippen molar-refractivity contribution in [2.75, 3.05) is 13.6 Å². The molecule has 0 aliphatic carbocycles. The number of hydrogen-bond acceptors (Lipinski definition) is 5. The van der Waals surface area contributed by atoms with Crippen LogP contribution in [0.4, 0.5) is 0 Å². The van der Waals surface area contributed by atoms with Gasteiger partial charge in [-0.05, 0) is 32.1 Å². The first-order valence-electron chi connectivity index (χ1n) is 4.74. The standard InChI is InChI=1S/C10H15NO4/c1-11-5-4-8(13)10(14)9-3-2-7(6-12)15-9/h2-3,6,8,10-11,13-14H,4-5H2,1H3. The molecule has 1 aromatic heterocycles. The van der Waals surface area contributed by atoms with Crippen molar-refractivity contribution in [3.8, 4) is 0 Å². The molecule has 0 bridgehead atoms. The lowest BCUT2D eigenvalue weighted by Crippen LogP contribution is -2.23. The zero-order chi connectivity index (χ0) is 11.3. The van der Waals surface area contributed by atoms with Gasteiger partial charge in [0, 0.05) is 0 Å². The van der Waals surface area contributed by atoms with Gasteiger partial charge in [-0.15, -0.1) is 0 Å². The Morgan fingerprint density at radius 3 is 2.80 bits per heavy atom. The molecule has 0 saturated carbocycles. The first-order chi connectivity index (χ1) is 7.19. The maximum absolute atomic E-state index is 10.3. The van der Waals surface area contributed by atoms with Crippen molar-refractivity contribution in [3.63, 3.8) is 0 Å². The third-order valence-corrected chi connectivity index (χ3v) is 2.11. The van der Waals surface area contributed by atoms with Crippen LogP contribution in [0.5, 0.6) is 0 Å². The average molecular weight is 213 g/mol. The highest BCUT2D eigenvalue weighted by atomic mass is 16.4. The summed E-state index contributed by atoms with van der Waals surface area (Å²) in [5.41, 5.74) is 0. The fraction of sp³-hybridized carbons (Fsp3) is 0.500. The number of furan rings is 1. The van der Waals surface area contributed by atoms with Crippen molar-refractivity contribution in [1.29, 1.82) is 0 Å². The minimum Gasteiger partial charge on any atom is -0.455 e. The van der Waals surface area contributed by atoms with E-state index in [-0.39, 0.29) is 11.5 Å². The molecular formula is C10H15NO4. The van der Waals surface area contributed by atoms with E-state index in [2.05, 4.69) is 5.32 Å². The summed E-state index contributed by atoms with van der Waals surface area (Å²) in [4.78, 5) is 10.3. The van der Waals surface area contributed by atoms with Crippen LogP contribution in [0.15, 0.2) is 16.5 Å². The Hall–Kier alpha value is -1.17. The average Bonchev–Trinajstić information content (AvgIpc) is 2.73. The number of aliphatic hydroxyl groups excluding tert-OH is 2. The summed E-state index contributed by atoms with van der Waals surface area (Å²) < 4.78 is 5.00. The summed E-state index contributed by atoms with van der Waals surface area (Å²) >= 11 is 0. The quantitative estimate of drug-likeness (QED) is 0.584. The van der Waals surface area contributed by atoms with Crippen LogP contribution in [0.25, 0.3) is 0 Å². The van der Waals surface area contributed by atoms with Crippen LogP contribution in [0.2, 0.25) is 0 Å². The third-order valence-electron chi connectivity index (χ3n) is 2.11. The lowest BCUT2D eigenvalue weighted by Gasteiger charge is -2.15. The molecule has 0 amide bonds. The SMILES string of the molecule is CNCCC(O)C(O)c1ccc(C=O)o1. The van der Waals surface area contributed by atoms with Crippen LogP contribution in [-0.4, -0.2) is 36.2 Å². The molecule has 0 aliphatic rings. The molecule has 0 spiro atoms. The zero-order valence-corrected chi connectivity index (χ0v) is 8.51. The molecule has 1 heterocycles. The molecule has 15 heavy (non-hydrogen) atoms. The largest absolute Gasteiger partial charge is 0.455 e. The molecule has 0 saturated heterocycles. The molecule has 2 atom stereocenters. The van der Waals surface area contributed by atoms with Gasteiger partial charge in [0.15, 0.2) is 12.0 Å². The topological polar surface area (TPSA) is 82.7 Å². The van der Waals surface area contributed by atoms with E-state index >= 15 is 0 Å². The van der Waals surface area contributed by atoms with E-state index in [1.165, 1.54) is 12.1 Å². The minimum absolute atomic E-state index is 0.143. The second kappa shape index (κ2) is 5.65. The normalized spacial score (nSPS) is 14.9. The fourth-order valence-electron chi connectivity index (χ4n) is 1.23. The van der Waals surface area contributed by atoms with E-state index in [9.17, 15) is 15.0 Å². The molecule has 5 nitrogen and oxygen atoms in total. The van der Waals surface area contributed by atoms with Gasteiger partial charge < -0.3 is 19.9 Å². The fourth-order valence-corrected chi connectivity index (χ4v) is 1.23. The molecular weight excluding hydrogens is 198 g/mol. The van der Waals surface area contributed by atoms with E-state index < -0.39 is 12.2 Å². The summed E-state index contributed by atoms with van der Waals surface area (Å²) in [5.74, 6) is 0.352. The van der Waals surface area contributed by atoms with Gasteiger partial charge in [-0.1, -0.05) is 0 Å². The predicted molar refractivity (Wildman–Crippen MR) is 53.6 cm³/mol. The van der Waals surface area contributed by atoms with Gasteiger partial charge in [-0.25, -0.2) is 0 Å². The van der Waals surface area contributed by atoms with Crippen LogP contribution in [0, 0.1) is 0 Å². The zero-order valence-electron chi connectivity index (χ0n) is 8.51. The first kappa shape index (κ1) is 11.9. The number of aldehydes is 1. The maximum Gasteiger partial charge on any atom is 0.185 e. The molecule has 1 aromatic rings. The first-order valence-corrected chi connectivity index (χ1v) is 4.74. The van der Waals surface area contributed by atoms with Gasteiger partial charge >= 0.3 is 0 Å². The Bertz CT molecular complexity index is 310. The van der Waals surface area contributed by atoms with Gasteiger partial charge in [0.1, 0.15) is 11.9 Å². The maximum atomic E-state index is 10.3. The molecule has 0 fully saturated rings. The summed E-state index contributed by atoms with van der Waals surface area (Å²) in [6.45, 7) is 0.597. The Labute approximate surface area is 87.7 Å². The minimum atomic E-state index is -1.09. The lowest BCUT2D eigenvalue weighted by molar-refractivity contribution is 0.00121. The Kier molecular flexibility index (Phi) is 4.48. The highest BCUT2D eigenvalue weighted by molar-refractivity contribution is 5.70. The molecule has 5 heteroatoms. The summed E-state index contributed by atoms with van der Waals surface area (Å²) in [6.07, 6.45) is -1.03. The van der Waals surface area contributed by atoms with E-state index in [0.29, 0.717) is 19.3 Å². The Morgan fingerprint density at radius 2 is 2.27 bits per heavy atom. The number of rotatable bonds is 6. The van der Waals surface area contributed by atoms with Crippen molar-refractivity contribution in [2.24, 2.45) is 0 Å². The number of nitrogens with one attached hydrogen (secondary N) is 1. The Balaban J connectivity index is 2.58.